The average molecular weight is 491 g/mol. The molecule has 4 aromatic rings. The molecule has 2 aromatic heterocycles. The van der Waals surface area contributed by atoms with Gasteiger partial charge in [0.05, 0.1) is 11.3 Å². The third-order valence-electron chi connectivity index (χ3n) is 4.19. The van der Waals surface area contributed by atoms with Crippen molar-refractivity contribution < 1.29 is 22.7 Å². The number of benzene rings is 2. The van der Waals surface area contributed by atoms with Gasteiger partial charge in [-0.1, -0.05) is 29.5 Å². The molecule has 2 heterocycles. The highest BCUT2D eigenvalue weighted by atomic mass is 32.2. The molecule has 0 aliphatic rings. The maximum atomic E-state index is 13.3. The molecule has 8 nitrogen and oxygen atoms in total. The Balaban J connectivity index is 1.43. The SMILES string of the molecule is O=C(Nc1nnc(Cc2cccc(F)c2)s1)c1ccc(NS(=O)(=O)c2cccs2)cc1O. The molecule has 0 radical (unpaired) electrons. The van der Waals surface area contributed by atoms with Gasteiger partial charge in [0.2, 0.25) is 5.13 Å². The molecule has 0 atom stereocenters. The molecule has 0 bridgehead atoms. The van der Waals surface area contributed by atoms with Gasteiger partial charge in [-0.05, 0) is 41.3 Å². The second kappa shape index (κ2) is 9.02. The van der Waals surface area contributed by atoms with E-state index in [0.29, 0.717) is 11.4 Å². The van der Waals surface area contributed by atoms with Crippen molar-refractivity contribution in [1.82, 2.24) is 10.2 Å². The normalized spacial score (nSPS) is 11.3. The second-order valence-corrected chi connectivity index (χ2v) is 10.5. The zero-order valence-corrected chi connectivity index (χ0v) is 18.6. The van der Waals surface area contributed by atoms with Crippen LogP contribution in [0.5, 0.6) is 5.75 Å². The molecule has 0 saturated carbocycles. The summed E-state index contributed by atoms with van der Waals surface area (Å²) in [5.74, 6) is -1.39. The Bertz CT molecular complexity index is 1370. The van der Waals surface area contributed by atoms with Crippen LogP contribution in [0.25, 0.3) is 0 Å². The monoisotopic (exact) mass is 490 g/mol. The van der Waals surface area contributed by atoms with Crippen LogP contribution in [0.3, 0.4) is 0 Å². The molecule has 0 saturated heterocycles. The highest BCUT2D eigenvalue weighted by molar-refractivity contribution is 7.94. The number of phenolic OH excluding ortho intramolecular Hbond substituents is 1. The van der Waals surface area contributed by atoms with E-state index in [1.807, 2.05) is 0 Å². The molecule has 0 fully saturated rings. The van der Waals surface area contributed by atoms with E-state index >= 15 is 0 Å². The van der Waals surface area contributed by atoms with Crippen LogP contribution in [0.1, 0.15) is 20.9 Å². The Morgan fingerprint density at radius 3 is 2.66 bits per heavy atom. The van der Waals surface area contributed by atoms with Gasteiger partial charge < -0.3 is 5.11 Å². The third kappa shape index (κ3) is 5.10. The molecule has 0 aliphatic heterocycles. The molecule has 4 rings (SSSR count). The van der Waals surface area contributed by atoms with Crippen LogP contribution >= 0.6 is 22.7 Å². The highest BCUT2D eigenvalue weighted by Crippen LogP contribution is 2.27. The van der Waals surface area contributed by atoms with Gasteiger partial charge in [0.1, 0.15) is 20.8 Å². The molecule has 164 valence electrons. The molecule has 2 aromatic carbocycles. The first-order chi connectivity index (χ1) is 15.3. The number of sulfonamides is 1. The largest absolute Gasteiger partial charge is 0.507 e. The van der Waals surface area contributed by atoms with E-state index < -0.39 is 21.7 Å². The Morgan fingerprint density at radius 1 is 1.09 bits per heavy atom. The van der Waals surface area contributed by atoms with Crippen LogP contribution in [0, 0.1) is 5.82 Å². The first-order valence-electron chi connectivity index (χ1n) is 9.08. The van der Waals surface area contributed by atoms with Crippen molar-refractivity contribution in [2.75, 3.05) is 10.0 Å². The number of phenols is 1. The van der Waals surface area contributed by atoms with Crippen LogP contribution in [-0.4, -0.2) is 29.6 Å². The van der Waals surface area contributed by atoms with Crippen LogP contribution in [0.15, 0.2) is 64.2 Å². The highest BCUT2D eigenvalue weighted by Gasteiger charge is 2.18. The summed E-state index contributed by atoms with van der Waals surface area (Å²) in [6.45, 7) is 0. The lowest BCUT2D eigenvalue weighted by Gasteiger charge is -2.09. The fourth-order valence-electron chi connectivity index (χ4n) is 2.77. The zero-order chi connectivity index (χ0) is 22.7. The summed E-state index contributed by atoms with van der Waals surface area (Å²) in [5.41, 5.74) is 0.768. The number of thiophene rings is 1. The minimum Gasteiger partial charge on any atom is -0.507 e. The van der Waals surface area contributed by atoms with Crippen molar-refractivity contribution >= 4 is 49.4 Å². The van der Waals surface area contributed by atoms with Gasteiger partial charge in [0.25, 0.3) is 15.9 Å². The average Bonchev–Trinajstić information content (AvgIpc) is 3.40. The van der Waals surface area contributed by atoms with Crippen molar-refractivity contribution in [2.45, 2.75) is 10.6 Å². The summed E-state index contributed by atoms with van der Waals surface area (Å²) in [5, 5.41) is 23.1. The maximum absolute atomic E-state index is 13.3. The Labute approximate surface area is 190 Å². The number of aromatic nitrogens is 2. The number of hydrogen-bond donors (Lipinski definition) is 3. The first-order valence-corrected chi connectivity index (χ1v) is 12.3. The molecular formula is C20H15FN4O4S3. The van der Waals surface area contributed by atoms with E-state index in [9.17, 15) is 22.7 Å². The minimum atomic E-state index is -3.78. The van der Waals surface area contributed by atoms with E-state index in [-0.39, 0.29) is 26.4 Å². The van der Waals surface area contributed by atoms with Crippen molar-refractivity contribution in [2.24, 2.45) is 0 Å². The van der Waals surface area contributed by atoms with Crippen LogP contribution in [0.4, 0.5) is 15.2 Å². The first kappa shape index (κ1) is 21.9. The van der Waals surface area contributed by atoms with Gasteiger partial charge in [-0.3, -0.25) is 14.8 Å². The fraction of sp³-hybridized carbons (Fsp3) is 0.0500. The van der Waals surface area contributed by atoms with Gasteiger partial charge in [0.15, 0.2) is 0 Å². The molecule has 12 heteroatoms. The van der Waals surface area contributed by atoms with E-state index in [1.54, 1.807) is 23.6 Å². The Kier molecular flexibility index (Phi) is 6.17. The molecule has 0 unspecified atom stereocenters. The quantitative estimate of drug-likeness (QED) is 0.359. The van der Waals surface area contributed by atoms with Gasteiger partial charge >= 0.3 is 0 Å². The van der Waals surface area contributed by atoms with Gasteiger partial charge in [-0.15, -0.1) is 21.5 Å². The lowest BCUT2D eigenvalue weighted by molar-refractivity contribution is 0.102. The number of rotatable bonds is 7. The topological polar surface area (TPSA) is 121 Å². The molecule has 0 aliphatic carbocycles. The van der Waals surface area contributed by atoms with Crippen molar-refractivity contribution in [3.8, 4) is 5.75 Å². The number of hydrogen-bond acceptors (Lipinski definition) is 8. The molecule has 32 heavy (non-hydrogen) atoms. The summed E-state index contributed by atoms with van der Waals surface area (Å²) in [7, 11) is -3.78. The number of halogens is 1. The molecular weight excluding hydrogens is 475 g/mol. The maximum Gasteiger partial charge on any atom is 0.271 e. The molecule has 0 spiro atoms. The van der Waals surface area contributed by atoms with Crippen molar-refractivity contribution in [3.63, 3.8) is 0 Å². The van der Waals surface area contributed by atoms with Crippen LogP contribution < -0.4 is 10.0 Å². The zero-order valence-electron chi connectivity index (χ0n) is 16.1. The number of anilines is 2. The number of nitrogens with one attached hydrogen (secondary N) is 2. The number of amides is 1. The number of carbonyl (C=O) groups excluding carboxylic acids is 1. The lowest BCUT2D eigenvalue weighted by Crippen LogP contribution is -2.14. The summed E-state index contributed by atoms with van der Waals surface area (Å²) >= 11 is 2.18. The number of carbonyl (C=O) groups is 1. The van der Waals surface area contributed by atoms with Crippen LogP contribution in [0.2, 0.25) is 0 Å². The van der Waals surface area contributed by atoms with E-state index in [4.69, 9.17) is 0 Å². The summed E-state index contributed by atoms with van der Waals surface area (Å²) in [6.07, 6.45) is 0.357. The van der Waals surface area contributed by atoms with Crippen LogP contribution in [-0.2, 0) is 16.4 Å². The van der Waals surface area contributed by atoms with Gasteiger partial charge in [-0.2, -0.15) is 0 Å². The number of aromatic hydroxyl groups is 1. The molecule has 3 N–H and O–H groups in total. The van der Waals surface area contributed by atoms with Crippen molar-refractivity contribution in [1.29, 1.82) is 0 Å². The Hall–Kier alpha value is -3.35. The molecule has 1 amide bonds. The van der Waals surface area contributed by atoms with Gasteiger partial charge in [0, 0.05) is 12.5 Å². The minimum absolute atomic E-state index is 0.0639. The third-order valence-corrected chi connectivity index (χ3v) is 7.80. The van der Waals surface area contributed by atoms with Crippen molar-refractivity contribution in [3.05, 3.63) is 81.9 Å². The van der Waals surface area contributed by atoms with E-state index in [2.05, 4.69) is 20.2 Å². The van der Waals surface area contributed by atoms with Gasteiger partial charge in [-0.25, -0.2) is 12.8 Å². The predicted molar refractivity (Wildman–Crippen MR) is 120 cm³/mol. The lowest BCUT2D eigenvalue weighted by atomic mass is 10.1. The summed E-state index contributed by atoms with van der Waals surface area (Å²) in [6, 6.07) is 13.0. The smallest absolute Gasteiger partial charge is 0.271 e. The summed E-state index contributed by atoms with van der Waals surface area (Å²) < 4.78 is 40.4. The Morgan fingerprint density at radius 2 is 1.94 bits per heavy atom. The fourth-order valence-corrected chi connectivity index (χ4v) is 5.58. The predicted octanol–water partition coefficient (Wildman–Crippen LogP) is 4.09. The second-order valence-electron chi connectivity index (χ2n) is 6.53. The van der Waals surface area contributed by atoms with E-state index in [0.717, 1.165) is 34.3 Å². The number of nitrogens with zero attached hydrogens (tertiary/aromatic N) is 2. The van der Waals surface area contributed by atoms with E-state index in [1.165, 1.54) is 30.3 Å². The standard InChI is InChI=1S/C20H15FN4O4S3/c21-13-4-1-3-12(9-13)10-17-23-24-20(31-17)22-19(27)15-7-6-14(11-16(15)26)25-32(28,29)18-5-2-8-30-18/h1-9,11,25-26H,10H2,(H,22,24,27). The summed E-state index contributed by atoms with van der Waals surface area (Å²) in [4.78, 5) is 12.5.